The van der Waals surface area contributed by atoms with Crippen molar-refractivity contribution in [1.29, 1.82) is 0 Å². The van der Waals surface area contributed by atoms with E-state index >= 15 is 0 Å². The maximum absolute atomic E-state index is 13.6. The van der Waals surface area contributed by atoms with Crippen LogP contribution in [0.2, 0.25) is 0 Å². The molecule has 0 saturated heterocycles. The van der Waals surface area contributed by atoms with Crippen LogP contribution in [0.5, 0.6) is 0 Å². The van der Waals surface area contributed by atoms with Gasteiger partial charge in [-0.1, -0.05) is 18.2 Å². The molecule has 0 amide bonds. The molecule has 3 aromatic rings. The standard InChI is InChI=1S/C18H17FN4O2/c1-3-25-17(24)10-15-18(22-21-14-7-5-4-6-12(14)2)23-11-13(19)8-9-16(23)20-15/h4-9,11H,3,10H2,1-2H3. The Kier molecular flexibility index (Phi) is 4.83. The molecule has 0 aliphatic rings. The van der Waals surface area contributed by atoms with Crippen LogP contribution in [0.4, 0.5) is 15.9 Å². The minimum Gasteiger partial charge on any atom is -0.466 e. The molecule has 0 unspecified atom stereocenters. The molecule has 0 fully saturated rings. The van der Waals surface area contributed by atoms with E-state index in [1.165, 1.54) is 22.7 Å². The largest absolute Gasteiger partial charge is 0.466 e. The minimum absolute atomic E-state index is 0.0563. The first kappa shape index (κ1) is 16.8. The Morgan fingerprint density at radius 3 is 2.80 bits per heavy atom. The molecule has 6 nitrogen and oxygen atoms in total. The van der Waals surface area contributed by atoms with Crippen molar-refractivity contribution in [2.75, 3.05) is 6.61 Å². The number of esters is 1. The number of carbonyl (C=O) groups excluding carboxylic acids is 1. The highest BCUT2D eigenvalue weighted by Crippen LogP contribution is 2.26. The Labute approximate surface area is 144 Å². The fraction of sp³-hybridized carbons (Fsp3) is 0.222. The zero-order valence-electron chi connectivity index (χ0n) is 13.9. The molecule has 128 valence electrons. The summed E-state index contributed by atoms with van der Waals surface area (Å²) in [6, 6.07) is 10.3. The maximum atomic E-state index is 13.6. The Hall–Kier alpha value is -3.09. The van der Waals surface area contributed by atoms with Gasteiger partial charge in [0.25, 0.3) is 0 Å². The smallest absolute Gasteiger partial charge is 0.312 e. The van der Waals surface area contributed by atoms with Crippen molar-refractivity contribution < 1.29 is 13.9 Å². The Morgan fingerprint density at radius 1 is 1.24 bits per heavy atom. The number of carbonyl (C=O) groups is 1. The molecule has 0 saturated carbocycles. The van der Waals surface area contributed by atoms with Crippen LogP contribution < -0.4 is 0 Å². The monoisotopic (exact) mass is 340 g/mol. The summed E-state index contributed by atoms with van der Waals surface area (Å²) in [6.45, 7) is 3.93. The summed E-state index contributed by atoms with van der Waals surface area (Å²) in [5.74, 6) is -0.538. The minimum atomic E-state index is -0.431. The molecule has 2 aromatic heterocycles. The molecule has 25 heavy (non-hydrogen) atoms. The lowest BCUT2D eigenvalue weighted by molar-refractivity contribution is -0.142. The zero-order chi connectivity index (χ0) is 17.8. The molecule has 0 aliphatic carbocycles. The number of imidazole rings is 1. The third-order valence-electron chi connectivity index (χ3n) is 3.61. The van der Waals surface area contributed by atoms with Crippen LogP contribution in [-0.4, -0.2) is 22.0 Å². The van der Waals surface area contributed by atoms with E-state index in [4.69, 9.17) is 4.74 Å². The van der Waals surface area contributed by atoms with E-state index in [0.29, 0.717) is 22.8 Å². The van der Waals surface area contributed by atoms with Gasteiger partial charge in [0, 0.05) is 6.20 Å². The molecule has 0 aliphatic heterocycles. The summed E-state index contributed by atoms with van der Waals surface area (Å²) >= 11 is 0. The average Bonchev–Trinajstić information content (AvgIpc) is 2.91. The van der Waals surface area contributed by atoms with Crippen molar-refractivity contribution in [2.45, 2.75) is 20.3 Å². The molecule has 0 radical (unpaired) electrons. The summed E-state index contributed by atoms with van der Waals surface area (Å²) in [4.78, 5) is 16.2. The zero-order valence-corrected chi connectivity index (χ0v) is 13.9. The van der Waals surface area contributed by atoms with Gasteiger partial charge in [-0.25, -0.2) is 9.37 Å². The quantitative estimate of drug-likeness (QED) is 0.513. The van der Waals surface area contributed by atoms with Crippen LogP contribution in [0, 0.1) is 12.7 Å². The van der Waals surface area contributed by atoms with E-state index in [9.17, 15) is 9.18 Å². The average molecular weight is 340 g/mol. The van der Waals surface area contributed by atoms with E-state index in [0.717, 1.165) is 5.56 Å². The van der Waals surface area contributed by atoms with E-state index in [1.807, 2.05) is 31.2 Å². The number of rotatable bonds is 5. The number of fused-ring (bicyclic) bond motifs is 1. The lowest BCUT2D eigenvalue weighted by atomic mass is 10.2. The Balaban J connectivity index is 2.05. The summed E-state index contributed by atoms with van der Waals surface area (Å²) in [5.41, 5.74) is 2.52. The van der Waals surface area contributed by atoms with Crippen molar-refractivity contribution >= 4 is 23.1 Å². The van der Waals surface area contributed by atoms with E-state index in [1.54, 1.807) is 6.92 Å². The fourth-order valence-electron chi connectivity index (χ4n) is 2.41. The lowest BCUT2D eigenvalue weighted by Gasteiger charge is -2.01. The van der Waals surface area contributed by atoms with Crippen LogP contribution in [-0.2, 0) is 16.0 Å². The molecular formula is C18H17FN4O2. The highest BCUT2D eigenvalue weighted by molar-refractivity contribution is 5.74. The van der Waals surface area contributed by atoms with Gasteiger partial charge in [0.2, 0.25) is 0 Å². The molecule has 2 heterocycles. The molecule has 0 spiro atoms. The third kappa shape index (κ3) is 3.71. The van der Waals surface area contributed by atoms with Crippen LogP contribution in [0.1, 0.15) is 18.2 Å². The number of azo groups is 1. The number of benzene rings is 1. The Bertz CT molecular complexity index is 949. The van der Waals surface area contributed by atoms with Gasteiger partial charge in [0.05, 0.1) is 24.4 Å². The summed E-state index contributed by atoms with van der Waals surface area (Å²) < 4.78 is 20.1. The van der Waals surface area contributed by atoms with Crippen molar-refractivity contribution in [3.05, 3.63) is 59.7 Å². The van der Waals surface area contributed by atoms with Crippen LogP contribution in [0.25, 0.3) is 5.65 Å². The highest BCUT2D eigenvalue weighted by Gasteiger charge is 2.16. The van der Waals surface area contributed by atoms with Gasteiger partial charge < -0.3 is 4.74 Å². The highest BCUT2D eigenvalue weighted by atomic mass is 19.1. The SMILES string of the molecule is CCOC(=O)Cc1nc2ccc(F)cn2c1N=Nc1ccccc1C. The van der Waals surface area contributed by atoms with Gasteiger partial charge in [0.15, 0.2) is 5.82 Å². The number of hydrogen-bond acceptors (Lipinski definition) is 5. The van der Waals surface area contributed by atoms with E-state index in [-0.39, 0.29) is 13.0 Å². The lowest BCUT2D eigenvalue weighted by Crippen LogP contribution is -2.07. The predicted octanol–water partition coefficient (Wildman–Crippen LogP) is 4.30. The summed E-state index contributed by atoms with van der Waals surface area (Å²) in [6.07, 6.45) is 1.21. The number of aryl methyl sites for hydroxylation is 1. The summed E-state index contributed by atoms with van der Waals surface area (Å²) in [5, 5.41) is 8.46. The van der Waals surface area contributed by atoms with Crippen molar-refractivity contribution in [1.82, 2.24) is 9.38 Å². The number of hydrogen-bond donors (Lipinski definition) is 0. The van der Waals surface area contributed by atoms with Gasteiger partial charge in [-0.2, -0.15) is 0 Å². The number of halogens is 1. The number of aromatic nitrogens is 2. The molecule has 3 rings (SSSR count). The van der Waals surface area contributed by atoms with E-state index < -0.39 is 11.8 Å². The van der Waals surface area contributed by atoms with Gasteiger partial charge >= 0.3 is 5.97 Å². The molecule has 1 aromatic carbocycles. The maximum Gasteiger partial charge on any atom is 0.312 e. The van der Waals surface area contributed by atoms with Crippen LogP contribution >= 0.6 is 0 Å². The fourth-order valence-corrected chi connectivity index (χ4v) is 2.41. The second-order valence-electron chi connectivity index (χ2n) is 5.43. The normalized spacial score (nSPS) is 11.3. The van der Waals surface area contributed by atoms with E-state index in [2.05, 4.69) is 15.2 Å². The first-order valence-corrected chi connectivity index (χ1v) is 7.88. The van der Waals surface area contributed by atoms with Crippen molar-refractivity contribution in [3.63, 3.8) is 0 Å². The van der Waals surface area contributed by atoms with Gasteiger partial charge in [0.1, 0.15) is 11.5 Å². The van der Waals surface area contributed by atoms with Crippen molar-refractivity contribution in [2.24, 2.45) is 10.2 Å². The van der Waals surface area contributed by atoms with Gasteiger partial charge in [-0.15, -0.1) is 10.2 Å². The Morgan fingerprint density at radius 2 is 2.04 bits per heavy atom. The molecular weight excluding hydrogens is 323 g/mol. The first-order chi connectivity index (χ1) is 12.1. The second kappa shape index (κ2) is 7.21. The predicted molar refractivity (Wildman–Crippen MR) is 90.8 cm³/mol. The third-order valence-corrected chi connectivity index (χ3v) is 3.61. The molecule has 0 bridgehead atoms. The molecule has 0 atom stereocenters. The molecule has 0 N–H and O–H groups in total. The van der Waals surface area contributed by atoms with Gasteiger partial charge in [-0.05, 0) is 37.6 Å². The topological polar surface area (TPSA) is 68.3 Å². The second-order valence-corrected chi connectivity index (χ2v) is 5.43. The summed E-state index contributed by atoms with van der Waals surface area (Å²) in [7, 11) is 0. The number of pyridine rings is 1. The number of nitrogens with zero attached hydrogens (tertiary/aromatic N) is 4. The number of ether oxygens (including phenoxy) is 1. The van der Waals surface area contributed by atoms with Crippen LogP contribution in [0.3, 0.4) is 0 Å². The molecule has 7 heteroatoms. The van der Waals surface area contributed by atoms with Gasteiger partial charge in [-0.3, -0.25) is 9.20 Å². The van der Waals surface area contributed by atoms with Crippen molar-refractivity contribution in [3.8, 4) is 0 Å². The van der Waals surface area contributed by atoms with Crippen LogP contribution in [0.15, 0.2) is 52.8 Å². The first-order valence-electron chi connectivity index (χ1n) is 7.88.